The Bertz CT molecular complexity index is 384. The van der Waals surface area contributed by atoms with Crippen molar-refractivity contribution < 1.29 is 12.8 Å². The molecular formula is C12H10Cl2Zn. The summed E-state index contributed by atoms with van der Waals surface area (Å²) < 4.78 is 2.21. The SMILES string of the molecule is [Cl][Zn]([Cl])([c]1ccccc1)[c]1ccccc1. The molecule has 0 saturated heterocycles. The quantitative estimate of drug-likeness (QED) is 0.746. The molecule has 15 heavy (non-hydrogen) atoms. The van der Waals surface area contributed by atoms with Crippen molar-refractivity contribution in [1.82, 2.24) is 0 Å². The van der Waals surface area contributed by atoms with Crippen LogP contribution in [0.25, 0.3) is 0 Å². The third-order valence-corrected chi connectivity index (χ3v) is 15.4. The Balaban J connectivity index is 2.44. The average Bonchev–Trinajstić information content (AvgIpc) is 2.31. The second kappa shape index (κ2) is 4.66. The molecule has 2 aromatic carbocycles. The molecule has 0 atom stereocenters. The summed E-state index contributed by atoms with van der Waals surface area (Å²) >= 11 is -3.40. The van der Waals surface area contributed by atoms with Gasteiger partial charge in [0.2, 0.25) is 0 Å². The molecular weight excluding hydrogens is 280 g/mol. The summed E-state index contributed by atoms with van der Waals surface area (Å²) in [7, 11) is 13.1. The van der Waals surface area contributed by atoms with Crippen LogP contribution in [0, 0.1) is 0 Å². The van der Waals surface area contributed by atoms with Crippen LogP contribution in [0.4, 0.5) is 0 Å². The number of hydrogen-bond acceptors (Lipinski definition) is 0. The topological polar surface area (TPSA) is 0 Å². The zero-order chi connectivity index (χ0) is 10.7. The van der Waals surface area contributed by atoms with Gasteiger partial charge in [0.15, 0.2) is 0 Å². The van der Waals surface area contributed by atoms with Gasteiger partial charge in [0.05, 0.1) is 0 Å². The van der Waals surface area contributed by atoms with Crippen molar-refractivity contribution in [1.29, 1.82) is 0 Å². The third-order valence-electron chi connectivity index (χ3n) is 2.71. The fourth-order valence-electron chi connectivity index (χ4n) is 1.78. The molecule has 0 unspecified atom stereocenters. The van der Waals surface area contributed by atoms with E-state index in [0.717, 1.165) is 8.32 Å². The van der Waals surface area contributed by atoms with Crippen molar-refractivity contribution in [3.05, 3.63) is 60.7 Å². The minimum absolute atomic E-state index is 1.11. The van der Waals surface area contributed by atoms with Crippen LogP contribution < -0.4 is 8.32 Å². The van der Waals surface area contributed by atoms with Gasteiger partial charge in [-0.05, 0) is 0 Å². The van der Waals surface area contributed by atoms with Crippen LogP contribution in [-0.2, 0) is 12.8 Å². The normalized spacial score (nSPS) is 10.3. The van der Waals surface area contributed by atoms with Crippen molar-refractivity contribution in [3.8, 4) is 0 Å². The maximum absolute atomic E-state index is 6.57. The molecule has 0 aliphatic carbocycles. The van der Waals surface area contributed by atoms with Gasteiger partial charge in [-0.2, -0.15) is 0 Å². The summed E-state index contributed by atoms with van der Waals surface area (Å²) in [4.78, 5) is 0. The summed E-state index contributed by atoms with van der Waals surface area (Å²) in [5.74, 6) is 0. The van der Waals surface area contributed by atoms with Crippen molar-refractivity contribution in [2.75, 3.05) is 0 Å². The summed E-state index contributed by atoms with van der Waals surface area (Å²) in [6.07, 6.45) is 0. The Morgan fingerprint density at radius 2 is 0.933 bits per heavy atom. The molecule has 0 aliphatic rings. The Morgan fingerprint density at radius 1 is 0.600 bits per heavy atom. The van der Waals surface area contributed by atoms with Crippen LogP contribution in [0.3, 0.4) is 0 Å². The van der Waals surface area contributed by atoms with E-state index in [1.165, 1.54) is 0 Å². The van der Waals surface area contributed by atoms with Gasteiger partial charge in [0, 0.05) is 0 Å². The third kappa shape index (κ3) is 2.42. The zero-order valence-electron chi connectivity index (χ0n) is 8.24. The fourth-order valence-corrected chi connectivity index (χ4v) is 10.1. The molecule has 0 aliphatic heterocycles. The number of benzene rings is 2. The van der Waals surface area contributed by atoms with Crippen molar-refractivity contribution in [2.45, 2.75) is 0 Å². The molecule has 0 radical (unpaired) electrons. The van der Waals surface area contributed by atoms with Crippen molar-refractivity contribution >= 4 is 27.7 Å². The first-order chi connectivity index (χ1) is 7.21. The predicted octanol–water partition coefficient (Wildman–Crippen LogP) is 3.10. The van der Waals surface area contributed by atoms with E-state index < -0.39 is 12.8 Å². The second-order valence-corrected chi connectivity index (χ2v) is 20.4. The number of halogens is 2. The number of hydrogen-bond donors (Lipinski definition) is 0. The molecule has 0 heterocycles. The summed E-state index contributed by atoms with van der Waals surface area (Å²) in [5.41, 5.74) is 0. The summed E-state index contributed by atoms with van der Waals surface area (Å²) in [5, 5.41) is 0. The molecule has 0 fully saturated rings. The molecule has 2 rings (SSSR count). The van der Waals surface area contributed by atoms with E-state index in [0.29, 0.717) is 0 Å². The van der Waals surface area contributed by atoms with E-state index in [1.807, 2.05) is 60.7 Å². The van der Waals surface area contributed by atoms with Gasteiger partial charge in [-0.1, -0.05) is 0 Å². The maximum atomic E-state index is 6.57. The molecule has 2 aromatic rings. The van der Waals surface area contributed by atoms with Crippen molar-refractivity contribution in [2.24, 2.45) is 0 Å². The Morgan fingerprint density at radius 3 is 1.27 bits per heavy atom. The van der Waals surface area contributed by atoms with Crippen molar-refractivity contribution in [3.63, 3.8) is 0 Å². The summed E-state index contributed by atoms with van der Waals surface area (Å²) in [6.45, 7) is 0. The first-order valence-electron chi connectivity index (χ1n) is 5.06. The monoisotopic (exact) mass is 288 g/mol. The van der Waals surface area contributed by atoms with E-state index in [2.05, 4.69) is 0 Å². The Labute approximate surface area is 101 Å². The molecule has 0 N–H and O–H groups in total. The molecule has 74 valence electrons. The standard InChI is InChI=1S/2C6H5.2ClH.Zn/c2*1-2-4-6-5-3-1;;;/h2*1-5H;2*1H;/q;;;;+2/p-2. The van der Waals surface area contributed by atoms with Crippen LogP contribution in [0.15, 0.2) is 60.7 Å². The van der Waals surface area contributed by atoms with E-state index in [4.69, 9.17) is 19.4 Å². The molecule has 0 saturated carbocycles. The van der Waals surface area contributed by atoms with Crippen LogP contribution in [0.2, 0.25) is 0 Å². The Kier molecular flexibility index (Phi) is 3.46. The van der Waals surface area contributed by atoms with Gasteiger partial charge in [-0.15, -0.1) is 0 Å². The first kappa shape index (κ1) is 11.1. The predicted molar refractivity (Wildman–Crippen MR) is 63.9 cm³/mol. The molecule has 0 nitrogen and oxygen atoms in total. The molecule has 0 bridgehead atoms. The molecule has 3 heteroatoms. The first-order valence-corrected chi connectivity index (χ1v) is 15.8. The fraction of sp³-hybridized carbons (Fsp3) is 0. The van der Waals surface area contributed by atoms with Gasteiger partial charge >= 0.3 is 101 Å². The molecule has 0 amide bonds. The molecule has 0 spiro atoms. The number of rotatable bonds is 2. The second-order valence-electron chi connectivity index (χ2n) is 3.78. The van der Waals surface area contributed by atoms with Gasteiger partial charge in [0.25, 0.3) is 0 Å². The molecule has 0 aromatic heterocycles. The zero-order valence-corrected chi connectivity index (χ0v) is 12.7. The van der Waals surface area contributed by atoms with Gasteiger partial charge in [0.1, 0.15) is 0 Å². The van der Waals surface area contributed by atoms with Gasteiger partial charge < -0.3 is 0 Å². The van der Waals surface area contributed by atoms with E-state index in [1.54, 1.807) is 0 Å². The van der Waals surface area contributed by atoms with Crippen LogP contribution in [-0.4, -0.2) is 0 Å². The van der Waals surface area contributed by atoms with Gasteiger partial charge in [-0.3, -0.25) is 0 Å². The van der Waals surface area contributed by atoms with E-state index >= 15 is 0 Å². The summed E-state index contributed by atoms with van der Waals surface area (Å²) in [6, 6.07) is 20.0. The van der Waals surface area contributed by atoms with Crippen LogP contribution in [0.1, 0.15) is 0 Å². The van der Waals surface area contributed by atoms with Gasteiger partial charge in [-0.25, -0.2) is 0 Å². The minimum atomic E-state index is -3.40. The van der Waals surface area contributed by atoms with E-state index in [9.17, 15) is 0 Å². The van der Waals surface area contributed by atoms with Crippen LogP contribution in [0.5, 0.6) is 0 Å². The Hall–Kier alpha value is -0.357. The van der Waals surface area contributed by atoms with Crippen LogP contribution >= 0.6 is 19.4 Å². The average molecular weight is 291 g/mol. The van der Waals surface area contributed by atoms with E-state index in [-0.39, 0.29) is 0 Å².